The normalized spacial score (nSPS) is 21.7. The zero-order valence-corrected chi connectivity index (χ0v) is 9.99. The lowest BCUT2D eigenvalue weighted by atomic mass is 10.3. The molecule has 15 heavy (non-hydrogen) atoms. The summed E-state index contributed by atoms with van der Waals surface area (Å²) in [5.74, 6) is 0.298. The van der Waals surface area contributed by atoms with Crippen molar-refractivity contribution < 1.29 is 13.9 Å². The number of carbonyl (C=O) groups is 1. The third kappa shape index (κ3) is 2.41. The van der Waals surface area contributed by atoms with E-state index in [1.807, 2.05) is 6.92 Å². The number of halogens is 1. The largest absolute Gasteiger partial charge is 0.444 e. The maximum Gasteiger partial charge on any atom is 0.289 e. The number of carbonyl (C=O) groups excluding carboxylic acids is 1. The molecular formula is C10H12BrNO3. The van der Waals surface area contributed by atoms with Crippen LogP contribution in [0.3, 0.4) is 0 Å². The molecule has 5 heteroatoms. The Labute approximate surface area is 96.3 Å². The molecule has 82 valence electrons. The first-order chi connectivity index (χ1) is 7.16. The number of rotatable bonds is 1. The zero-order valence-electron chi connectivity index (χ0n) is 8.40. The lowest BCUT2D eigenvalue weighted by Crippen LogP contribution is -2.44. The van der Waals surface area contributed by atoms with Crippen molar-refractivity contribution in [1.29, 1.82) is 0 Å². The maximum atomic E-state index is 11.9. The standard InChI is InChI=1S/C10H12BrNO3/c1-7-6-12(4-5-14-7)10(13)8-2-3-9(11)15-8/h2-3,7H,4-6H2,1H3. The van der Waals surface area contributed by atoms with Crippen LogP contribution in [0.2, 0.25) is 0 Å². The number of hydrogen-bond acceptors (Lipinski definition) is 3. The molecule has 0 saturated carbocycles. The minimum atomic E-state index is -0.0733. The molecule has 0 aliphatic carbocycles. The second-order valence-electron chi connectivity index (χ2n) is 3.54. The molecule has 1 unspecified atom stereocenters. The van der Waals surface area contributed by atoms with Crippen LogP contribution in [0.25, 0.3) is 0 Å². The Morgan fingerprint density at radius 2 is 2.40 bits per heavy atom. The first kappa shape index (κ1) is 10.7. The molecule has 1 aliphatic heterocycles. The van der Waals surface area contributed by atoms with E-state index in [1.165, 1.54) is 0 Å². The number of ether oxygens (including phenoxy) is 1. The van der Waals surface area contributed by atoms with E-state index < -0.39 is 0 Å². The Kier molecular flexibility index (Phi) is 3.11. The molecule has 0 aromatic carbocycles. The van der Waals surface area contributed by atoms with E-state index in [0.717, 1.165) is 0 Å². The van der Waals surface area contributed by atoms with E-state index in [9.17, 15) is 4.79 Å². The highest BCUT2D eigenvalue weighted by molar-refractivity contribution is 9.10. The van der Waals surface area contributed by atoms with Crippen molar-refractivity contribution in [3.8, 4) is 0 Å². The summed E-state index contributed by atoms with van der Waals surface area (Å²) in [6.07, 6.45) is 0.0982. The molecule has 4 nitrogen and oxygen atoms in total. The summed E-state index contributed by atoms with van der Waals surface area (Å²) in [7, 11) is 0. The highest BCUT2D eigenvalue weighted by Gasteiger charge is 2.24. The Bertz CT molecular complexity index is 363. The SMILES string of the molecule is CC1CN(C(=O)c2ccc(Br)o2)CCO1. The van der Waals surface area contributed by atoms with Crippen LogP contribution >= 0.6 is 15.9 Å². The molecular weight excluding hydrogens is 262 g/mol. The smallest absolute Gasteiger partial charge is 0.289 e. The molecule has 1 fully saturated rings. The number of hydrogen-bond donors (Lipinski definition) is 0. The molecule has 2 rings (SSSR count). The lowest BCUT2D eigenvalue weighted by molar-refractivity contribution is -0.0135. The molecule has 0 radical (unpaired) electrons. The van der Waals surface area contributed by atoms with Crippen molar-refractivity contribution >= 4 is 21.8 Å². The number of nitrogens with zero attached hydrogens (tertiary/aromatic N) is 1. The van der Waals surface area contributed by atoms with Gasteiger partial charge in [-0.05, 0) is 35.0 Å². The number of amides is 1. The van der Waals surface area contributed by atoms with Gasteiger partial charge in [-0.2, -0.15) is 0 Å². The van der Waals surface area contributed by atoms with Crippen LogP contribution in [-0.4, -0.2) is 36.6 Å². The topological polar surface area (TPSA) is 42.7 Å². The van der Waals surface area contributed by atoms with Gasteiger partial charge in [0.2, 0.25) is 0 Å². The van der Waals surface area contributed by atoms with Crippen LogP contribution in [0.5, 0.6) is 0 Å². The van der Waals surface area contributed by atoms with Crippen molar-refractivity contribution in [2.75, 3.05) is 19.7 Å². The van der Waals surface area contributed by atoms with Crippen LogP contribution in [0.15, 0.2) is 21.2 Å². The quantitative estimate of drug-likeness (QED) is 0.785. The molecule has 1 aliphatic rings. The lowest BCUT2D eigenvalue weighted by Gasteiger charge is -2.30. The molecule has 1 amide bonds. The van der Waals surface area contributed by atoms with Gasteiger partial charge in [-0.25, -0.2) is 0 Å². The third-order valence-corrected chi connectivity index (χ3v) is 2.74. The fourth-order valence-corrected chi connectivity index (χ4v) is 1.89. The predicted octanol–water partition coefficient (Wildman–Crippen LogP) is 1.90. The van der Waals surface area contributed by atoms with Gasteiger partial charge >= 0.3 is 0 Å². The van der Waals surface area contributed by atoms with Gasteiger partial charge in [-0.3, -0.25) is 4.79 Å². The highest BCUT2D eigenvalue weighted by atomic mass is 79.9. The third-order valence-electron chi connectivity index (χ3n) is 2.31. The molecule has 1 aromatic heterocycles. The van der Waals surface area contributed by atoms with E-state index in [2.05, 4.69) is 15.9 Å². The summed E-state index contributed by atoms with van der Waals surface area (Å²) in [4.78, 5) is 13.7. The molecule has 0 N–H and O–H groups in total. The average Bonchev–Trinajstić information content (AvgIpc) is 2.64. The van der Waals surface area contributed by atoms with Crippen LogP contribution in [0.1, 0.15) is 17.5 Å². The van der Waals surface area contributed by atoms with Gasteiger partial charge in [0, 0.05) is 13.1 Å². The fourth-order valence-electron chi connectivity index (χ4n) is 1.59. The minimum absolute atomic E-state index is 0.0733. The Morgan fingerprint density at radius 3 is 3.00 bits per heavy atom. The minimum Gasteiger partial charge on any atom is -0.444 e. The van der Waals surface area contributed by atoms with Gasteiger partial charge in [0.1, 0.15) is 0 Å². The van der Waals surface area contributed by atoms with Gasteiger partial charge in [-0.15, -0.1) is 0 Å². The maximum absolute atomic E-state index is 11.9. The first-order valence-corrected chi connectivity index (χ1v) is 5.62. The summed E-state index contributed by atoms with van der Waals surface area (Å²) in [6, 6.07) is 3.39. The van der Waals surface area contributed by atoms with Crippen molar-refractivity contribution in [1.82, 2.24) is 4.90 Å². The summed E-state index contributed by atoms with van der Waals surface area (Å²) in [5, 5.41) is 0. The fraction of sp³-hybridized carbons (Fsp3) is 0.500. The van der Waals surface area contributed by atoms with Crippen LogP contribution in [0.4, 0.5) is 0 Å². The second kappa shape index (κ2) is 4.37. The Morgan fingerprint density at radius 1 is 1.60 bits per heavy atom. The van der Waals surface area contributed by atoms with Crippen LogP contribution in [-0.2, 0) is 4.74 Å². The Hall–Kier alpha value is -0.810. The van der Waals surface area contributed by atoms with Gasteiger partial charge in [0.05, 0.1) is 12.7 Å². The van der Waals surface area contributed by atoms with Crippen LogP contribution < -0.4 is 0 Å². The molecule has 0 spiro atoms. The van der Waals surface area contributed by atoms with Crippen LogP contribution in [0, 0.1) is 0 Å². The van der Waals surface area contributed by atoms with E-state index in [4.69, 9.17) is 9.15 Å². The summed E-state index contributed by atoms with van der Waals surface area (Å²) in [6.45, 7) is 3.80. The van der Waals surface area contributed by atoms with Crippen molar-refractivity contribution in [2.24, 2.45) is 0 Å². The highest BCUT2D eigenvalue weighted by Crippen LogP contribution is 2.17. The van der Waals surface area contributed by atoms with Gasteiger partial charge < -0.3 is 14.1 Å². The van der Waals surface area contributed by atoms with Gasteiger partial charge in [-0.1, -0.05) is 0 Å². The Balaban J connectivity index is 2.07. The molecule has 1 aromatic rings. The van der Waals surface area contributed by atoms with Crippen molar-refractivity contribution in [3.63, 3.8) is 0 Å². The van der Waals surface area contributed by atoms with E-state index in [-0.39, 0.29) is 12.0 Å². The number of furan rings is 1. The van der Waals surface area contributed by atoms with Crippen molar-refractivity contribution in [3.05, 3.63) is 22.6 Å². The monoisotopic (exact) mass is 273 g/mol. The first-order valence-electron chi connectivity index (χ1n) is 4.83. The summed E-state index contributed by atoms with van der Waals surface area (Å²) in [5.41, 5.74) is 0. The molecule has 0 bridgehead atoms. The second-order valence-corrected chi connectivity index (χ2v) is 4.32. The summed E-state index contributed by atoms with van der Waals surface area (Å²) >= 11 is 3.17. The van der Waals surface area contributed by atoms with Crippen molar-refractivity contribution in [2.45, 2.75) is 13.0 Å². The molecule has 1 atom stereocenters. The molecule has 1 saturated heterocycles. The van der Waals surface area contributed by atoms with Gasteiger partial charge in [0.15, 0.2) is 10.4 Å². The number of morpholine rings is 1. The van der Waals surface area contributed by atoms with E-state index in [0.29, 0.717) is 30.1 Å². The average molecular weight is 274 g/mol. The predicted molar refractivity (Wildman–Crippen MR) is 57.7 cm³/mol. The van der Waals surface area contributed by atoms with Gasteiger partial charge in [0.25, 0.3) is 5.91 Å². The van der Waals surface area contributed by atoms with E-state index in [1.54, 1.807) is 17.0 Å². The summed E-state index contributed by atoms with van der Waals surface area (Å²) < 4.78 is 11.2. The molecule has 2 heterocycles. The zero-order chi connectivity index (χ0) is 10.8. The van der Waals surface area contributed by atoms with E-state index >= 15 is 0 Å².